The first-order valence-electron chi connectivity index (χ1n) is 7.54. The molecule has 0 atom stereocenters. The van der Waals surface area contributed by atoms with Crippen LogP contribution in [-0.4, -0.2) is 41.2 Å². The molecule has 0 bridgehead atoms. The summed E-state index contributed by atoms with van der Waals surface area (Å²) in [6.07, 6.45) is -4.48. The number of amides is 1. The lowest BCUT2D eigenvalue weighted by atomic mass is 10.2. The number of alkyl halides is 3. The molecule has 1 amide bonds. The molecular weight excluding hydrogens is 355 g/mol. The summed E-state index contributed by atoms with van der Waals surface area (Å²) in [5.74, 6) is -0.513. The monoisotopic (exact) mass is 371 g/mol. The number of carbonyl (C=O) groups is 2. The van der Waals surface area contributed by atoms with E-state index in [1.165, 1.54) is 23.0 Å². The number of esters is 1. The predicted octanol–water partition coefficient (Wildman–Crippen LogP) is 3.47. The van der Waals surface area contributed by atoms with Gasteiger partial charge in [-0.3, -0.25) is 5.32 Å². The van der Waals surface area contributed by atoms with Gasteiger partial charge in [0.1, 0.15) is 5.56 Å². The van der Waals surface area contributed by atoms with Crippen molar-refractivity contribution in [3.05, 3.63) is 41.7 Å². The Bertz CT molecular complexity index is 802. The van der Waals surface area contributed by atoms with Crippen molar-refractivity contribution in [1.29, 1.82) is 0 Å². The Labute approximate surface area is 146 Å². The maximum Gasteiger partial charge on any atom is 0.422 e. The molecular formula is C16H16F3N3O4. The van der Waals surface area contributed by atoms with E-state index in [9.17, 15) is 22.8 Å². The van der Waals surface area contributed by atoms with Crippen molar-refractivity contribution in [1.82, 2.24) is 9.78 Å². The van der Waals surface area contributed by atoms with Gasteiger partial charge in [-0.15, -0.1) is 0 Å². The van der Waals surface area contributed by atoms with Gasteiger partial charge in [0.15, 0.2) is 6.61 Å². The van der Waals surface area contributed by atoms with E-state index >= 15 is 0 Å². The number of ether oxygens (including phenoxy) is 2. The maximum atomic E-state index is 12.1. The van der Waals surface area contributed by atoms with E-state index in [2.05, 4.69) is 15.2 Å². The van der Waals surface area contributed by atoms with Gasteiger partial charge >= 0.3 is 18.2 Å². The minimum absolute atomic E-state index is 0.210. The molecule has 10 heteroatoms. The largest absolute Gasteiger partial charge is 0.462 e. The van der Waals surface area contributed by atoms with Crippen molar-refractivity contribution in [3.63, 3.8) is 0 Å². The van der Waals surface area contributed by atoms with Gasteiger partial charge in [-0.2, -0.15) is 18.3 Å². The Balaban J connectivity index is 2.14. The zero-order chi connectivity index (χ0) is 19.3. The average Bonchev–Trinajstić information content (AvgIpc) is 2.94. The molecule has 0 spiro atoms. The quantitative estimate of drug-likeness (QED) is 0.814. The molecule has 140 valence electrons. The molecule has 0 fully saturated rings. The summed E-state index contributed by atoms with van der Waals surface area (Å²) < 4.78 is 46.6. The second-order valence-electron chi connectivity index (χ2n) is 5.14. The average molecular weight is 371 g/mol. The lowest BCUT2D eigenvalue weighted by Crippen LogP contribution is -2.23. The third-order valence-electron chi connectivity index (χ3n) is 3.21. The molecule has 26 heavy (non-hydrogen) atoms. The highest BCUT2D eigenvalue weighted by molar-refractivity contribution is 5.90. The lowest BCUT2D eigenvalue weighted by Gasteiger charge is -2.11. The first kappa shape index (κ1) is 19.3. The summed E-state index contributed by atoms with van der Waals surface area (Å²) >= 11 is 0. The summed E-state index contributed by atoms with van der Waals surface area (Å²) in [7, 11) is 0. The third kappa shape index (κ3) is 4.98. The summed E-state index contributed by atoms with van der Waals surface area (Å²) in [5.41, 5.74) is 1.50. The number of rotatable bonds is 5. The summed E-state index contributed by atoms with van der Waals surface area (Å²) in [5, 5.41) is 6.30. The Kier molecular flexibility index (Phi) is 5.86. The molecule has 0 aliphatic rings. The van der Waals surface area contributed by atoms with Crippen molar-refractivity contribution in [2.24, 2.45) is 0 Å². The van der Waals surface area contributed by atoms with Crippen LogP contribution in [0.4, 0.5) is 23.7 Å². The first-order chi connectivity index (χ1) is 12.2. The van der Waals surface area contributed by atoms with Crippen molar-refractivity contribution < 1.29 is 32.2 Å². The molecule has 1 aromatic heterocycles. The van der Waals surface area contributed by atoms with Crippen molar-refractivity contribution in [2.75, 3.05) is 18.5 Å². The number of aromatic nitrogens is 2. The fraction of sp³-hybridized carbons (Fsp3) is 0.312. The van der Waals surface area contributed by atoms with E-state index < -0.39 is 24.8 Å². The Morgan fingerprint density at radius 3 is 2.65 bits per heavy atom. The number of benzene rings is 1. The van der Waals surface area contributed by atoms with E-state index in [-0.39, 0.29) is 17.9 Å². The van der Waals surface area contributed by atoms with Crippen molar-refractivity contribution in [2.45, 2.75) is 20.0 Å². The van der Waals surface area contributed by atoms with E-state index in [1.54, 1.807) is 26.0 Å². The van der Waals surface area contributed by atoms with Crippen LogP contribution in [0.3, 0.4) is 0 Å². The second kappa shape index (κ2) is 7.89. The standard InChI is InChI=1S/C16H16F3N3O4/c1-3-25-14(23)13-8-20-22(10(13)2)12-6-4-5-11(7-12)21-15(24)26-9-16(17,18)19/h4-8H,3,9H2,1-2H3,(H,21,24). The van der Waals surface area contributed by atoms with E-state index in [4.69, 9.17) is 4.74 Å². The van der Waals surface area contributed by atoms with Gasteiger partial charge in [-0.25, -0.2) is 14.3 Å². The summed E-state index contributed by atoms with van der Waals surface area (Å²) in [6.45, 7) is 1.89. The van der Waals surface area contributed by atoms with Crippen LogP contribution in [0, 0.1) is 6.92 Å². The van der Waals surface area contributed by atoms with Gasteiger partial charge in [0, 0.05) is 5.69 Å². The normalized spacial score (nSPS) is 11.1. The predicted molar refractivity (Wildman–Crippen MR) is 85.3 cm³/mol. The topological polar surface area (TPSA) is 82.5 Å². The van der Waals surface area contributed by atoms with Crippen LogP contribution in [-0.2, 0) is 9.47 Å². The zero-order valence-corrected chi connectivity index (χ0v) is 14.0. The number of halogens is 3. The molecule has 1 N–H and O–H groups in total. The molecule has 1 heterocycles. The zero-order valence-electron chi connectivity index (χ0n) is 14.0. The highest BCUT2D eigenvalue weighted by atomic mass is 19.4. The van der Waals surface area contributed by atoms with Crippen LogP contribution in [0.15, 0.2) is 30.5 Å². The number of nitrogens with zero attached hydrogens (tertiary/aromatic N) is 2. The number of hydrogen-bond acceptors (Lipinski definition) is 5. The fourth-order valence-corrected chi connectivity index (χ4v) is 2.10. The van der Waals surface area contributed by atoms with Crippen LogP contribution in [0.5, 0.6) is 0 Å². The van der Waals surface area contributed by atoms with Crippen molar-refractivity contribution >= 4 is 17.7 Å². The van der Waals surface area contributed by atoms with Gasteiger partial charge < -0.3 is 9.47 Å². The molecule has 1 aromatic carbocycles. The Hall–Kier alpha value is -3.04. The number of hydrogen-bond donors (Lipinski definition) is 1. The first-order valence-corrected chi connectivity index (χ1v) is 7.54. The van der Waals surface area contributed by atoms with Crippen LogP contribution in [0.1, 0.15) is 23.0 Å². The summed E-state index contributed by atoms with van der Waals surface area (Å²) in [6, 6.07) is 6.17. The van der Waals surface area contributed by atoms with Gasteiger partial charge in [-0.1, -0.05) is 6.07 Å². The van der Waals surface area contributed by atoms with Crippen LogP contribution in [0.2, 0.25) is 0 Å². The van der Waals surface area contributed by atoms with Gasteiger partial charge in [0.25, 0.3) is 0 Å². The van der Waals surface area contributed by atoms with Crippen LogP contribution in [0.25, 0.3) is 5.69 Å². The highest BCUT2D eigenvalue weighted by Gasteiger charge is 2.29. The van der Waals surface area contributed by atoms with Gasteiger partial charge in [-0.05, 0) is 32.0 Å². The van der Waals surface area contributed by atoms with Crippen LogP contribution >= 0.6 is 0 Å². The van der Waals surface area contributed by atoms with E-state index in [0.29, 0.717) is 11.4 Å². The Morgan fingerprint density at radius 1 is 1.27 bits per heavy atom. The van der Waals surface area contributed by atoms with E-state index in [0.717, 1.165) is 0 Å². The summed E-state index contributed by atoms with van der Waals surface area (Å²) in [4.78, 5) is 23.3. The number of carbonyl (C=O) groups excluding carboxylic acids is 2. The van der Waals surface area contributed by atoms with Crippen LogP contribution < -0.4 is 5.32 Å². The molecule has 0 saturated heterocycles. The molecule has 0 aliphatic carbocycles. The van der Waals surface area contributed by atoms with Gasteiger partial charge in [0.2, 0.25) is 0 Å². The molecule has 0 aliphatic heterocycles. The van der Waals surface area contributed by atoms with Gasteiger partial charge in [0.05, 0.1) is 24.2 Å². The highest BCUT2D eigenvalue weighted by Crippen LogP contribution is 2.19. The van der Waals surface area contributed by atoms with Crippen molar-refractivity contribution in [3.8, 4) is 5.69 Å². The SMILES string of the molecule is CCOC(=O)c1cnn(-c2cccc(NC(=O)OCC(F)(F)F)c2)c1C. The number of nitrogens with one attached hydrogen (secondary N) is 1. The minimum Gasteiger partial charge on any atom is -0.462 e. The molecule has 2 aromatic rings. The van der Waals surface area contributed by atoms with E-state index in [1.807, 2.05) is 0 Å². The molecule has 2 rings (SSSR count). The minimum atomic E-state index is -4.60. The second-order valence-corrected chi connectivity index (χ2v) is 5.14. The fourth-order valence-electron chi connectivity index (χ4n) is 2.10. The molecule has 0 radical (unpaired) electrons. The molecule has 0 unspecified atom stereocenters. The molecule has 0 saturated carbocycles. The smallest absolute Gasteiger partial charge is 0.422 e. The maximum absolute atomic E-state index is 12.1. The number of anilines is 1. The Morgan fingerprint density at radius 2 is 2.00 bits per heavy atom. The molecule has 7 nitrogen and oxygen atoms in total. The third-order valence-corrected chi connectivity index (χ3v) is 3.21. The lowest BCUT2D eigenvalue weighted by molar-refractivity contribution is -0.159.